The Morgan fingerprint density at radius 3 is 2.74 bits per heavy atom. The summed E-state index contributed by atoms with van der Waals surface area (Å²) < 4.78 is 5.61. The number of carbonyl (C=O) groups is 2. The van der Waals surface area contributed by atoms with Gasteiger partial charge >= 0.3 is 0 Å². The number of aryl methyl sites for hydroxylation is 2. The van der Waals surface area contributed by atoms with Crippen LogP contribution in [0.5, 0.6) is 5.75 Å². The fraction of sp³-hybridized carbons (Fsp3) is 0.364. The van der Waals surface area contributed by atoms with Crippen LogP contribution in [0.3, 0.4) is 0 Å². The number of amides is 2. The number of nitrogens with one attached hydrogen (secondary N) is 1. The Morgan fingerprint density at radius 2 is 2.04 bits per heavy atom. The van der Waals surface area contributed by atoms with Crippen molar-refractivity contribution in [1.82, 2.24) is 0 Å². The van der Waals surface area contributed by atoms with E-state index >= 15 is 0 Å². The maximum absolute atomic E-state index is 12.3. The molecule has 0 bridgehead atoms. The van der Waals surface area contributed by atoms with Crippen molar-refractivity contribution in [1.29, 1.82) is 0 Å². The maximum Gasteiger partial charge on any atom is 0.227 e. The van der Waals surface area contributed by atoms with E-state index in [2.05, 4.69) is 5.32 Å². The first-order valence-corrected chi connectivity index (χ1v) is 9.50. The lowest BCUT2D eigenvalue weighted by atomic mass is 10.1. The molecule has 0 spiro atoms. The van der Waals surface area contributed by atoms with E-state index in [1.807, 2.05) is 61.2 Å². The van der Waals surface area contributed by atoms with E-state index in [-0.39, 0.29) is 11.8 Å². The van der Waals surface area contributed by atoms with Gasteiger partial charge in [0.1, 0.15) is 5.75 Å². The molecule has 1 fully saturated rings. The third-order valence-corrected chi connectivity index (χ3v) is 4.74. The minimum Gasteiger partial charge on any atom is -0.494 e. The van der Waals surface area contributed by atoms with Crippen LogP contribution in [0, 0.1) is 6.92 Å². The smallest absolute Gasteiger partial charge is 0.227 e. The second kappa shape index (κ2) is 8.71. The standard InChI is InChI=1S/C22H26N2O3/c1-3-27-20-8-5-4-7-17(20)10-13-21(25)23-18-11-12-19(16(2)15-18)24-14-6-9-22(24)26/h4-5,7-8,11-12,15H,3,6,9-10,13-14H2,1-2H3,(H,23,25). The number of rotatable bonds is 7. The van der Waals surface area contributed by atoms with Gasteiger partial charge in [0.25, 0.3) is 0 Å². The van der Waals surface area contributed by atoms with Gasteiger partial charge in [-0.1, -0.05) is 18.2 Å². The molecular formula is C22H26N2O3. The number of hydrogen-bond donors (Lipinski definition) is 1. The van der Waals surface area contributed by atoms with Gasteiger partial charge in [0, 0.05) is 30.8 Å². The number of hydrogen-bond acceptors (Lipinski definition) is 3. The van der Waals surface area contributed by atoms with Gasteiger partial charge in [-0.3, -0.25) is 9.59 Å². The zero-order chi connectivity index (χ0) is 19.2. The quantitative estimate of drug-likeness (QED) is 0.803. The molecule has 0 saturated carbocycles. The Kier molecular flexibility index (Phi) is 6.12. The first-order chi connectivity index (χ1) is 13.1. The highest BCUT2D eigenvalue weighted by Crippen LogP contribution is 2.27. The van der Waals surface area contributed by atoms with Gasteiger partial charge in [0.15, 0.2) is 0 Å². The molecule has 2 aromatic rings. The van der Waals surface area contributed by atoms with Crippen molar-refractivity contribution in [3.05, 3.63) is 53.6 Å². The molecule has 27 heavy (non-hydrogen) atoms. The van der Waals surface area contributed by atoms with Crippen LogP contribution >= 0.6 is 0 Å². The van der Waals surface area contributed by atoms with Gasteiger partial charge in [-0.2, -0.15) is 0 Å². The topological polar surface area (TPSA) is 58.6 Å². The van der Waals surface area contributed by atoms with Crippen LogP contribution < -0.4 is 15.0 Å². The first-order valence-electron chi connectivity index (χ1n) is 9.50. The molecule has 0 unspecified atom stereocenters. The van der Waals surface area contributed by atoms with Crippen LogP contribution in [0.25, 0.3) is 0 Å². The van der Waals surface area contributed by atoms with Crippen LogP contribution in [-0.2, 0) is 16.0 Å². The fourth-order valence-corrected chi connectivity index (χ4v) is 3.42. The van der Waals surface area contributed by atoms with Gasteiger partial charge in [0.2, 0.25) is 11.8 Å². The molecule has 1 heterocycles. The van der Waals surface area contributed by atoms with Crippen molar-refractivity contribution in [2.45, 2.75) is 39.5 Å². The SMILES string of the molecule is CCOc1ccccc1CCC(=O)Nc1ccc(N2CCCC2=O)c(C)c1. The van der Waals surface area contributed by atoms with E-state index in [1.54, 1.807) is 0 Å². The summed E-state index contributed by atoms with van der Waals surface area (Å²) in [6.45, 7) is 5.29. The predicted octanol–water partition coefficient (Wildman–Crippen LogP) is 4.09. The molecule has 5 heteroatoms. The second-order valence-electron chi connectivity index (χ2n) is 6.74. The average molecular weight is 366 g/mol. The van der Waals surface area contributed by atoms with Crippen LogP contribution in [0.1, 0.15) is 37.3 Å². The molecule has 0 aromatic heterocycles. The minimum absolute atomic E-state index is 0.0364. The van der Waals surface area contributed by atoms with E-state index < -0.39 is 0 Å². The summed E-state index contributed by atoms with van der Waals surface area (Å²) in [6.07, 6.45) is 2.53. The Labute approximate surface area is 160 Å². The highest BCUT2D eigenvalue weighted by Gasteiger charge is 2.23. The second-order valence-corrected chi connectivity index (χ2v) is 6.74. The molecule has 1 saturated heterocycles. The lowest BCUT2D eigenvalue weighted by Crippen LogP contribution is -2.24. The summed E-state index contributed by atoms with van der Waals surface area (Å²) >= 11 is 0. The molecule has 3 rings (SSSR count). The molecule has 0 radical (unpaired) electrons. The number of benzene rings is 2. The molecular weight excluding hydrogens is 340 g/mol. The molecule has 142 valence electrons. The Hall–Kier alpha value is -2.82. The van der Waals surface area contributed by atoms with Crippen LogP contribution in [0.2, 0.25) is 0 Å². The number of nitrogens with zero attached hydrogens (tertiary/aromatic N) is 1. The van der Waals surface area contributed by atoms with E-state index in [0.717, 1.165) is 41.2 Å². The molecule has 5 nitrogen and oxygen atoms in total. The lowest BCUT2D eigenvalue weighted by Gasteiger charge is -2.19. The van der Waals surface area contributed by atoms with E-state index in [0.29, 0.717) is 25.9 Å². The van der Waals surface area contributed by atoms with Crippen LogP contribution in [0.15, 0.2) is 42.5 Å². The Bertz CT molecular complexity index is 832. The van der Waals surface area contributed by atoms with Gasteiger partial charge < -0.3 is 15.0 Å². The molecule has 1 aliphatic rings. The van der Waals surface area contributed by atoms with Gasteiger partial charge in [0.05, 0.1) is 6.61 Å². The predicted molar refractivity (Wildman–Crippen MR) is 107 cm³/mol. The van der Waals surface area contributed by atoms with Crippen LogP contribution in [0.4, 0.5) is 11.4 Å². The molecule has 0 atom stereocenters. The minimum atomic E-state index is -0.0364. The van der Waals surface area contributed by atoms with E-state index in [9.17, 15) is 9.59 Å². The first kappa shape index (κ1) is 19.0. The molecule has 2 aromatic carbocycles. The number of carbonyl (C=O) groups excluding carboxylic acids is 2. The highest BCUT2D eigenvalue weighted by molar-refractivity contribution is 5.97. The zero-order valence-electron chi connectivity index (χ0n) is 16.0. The van der Waals surface area contributed by atoms with Crippen molar-refractivity contribution in [2.24, 2.45) is 0 Å². The molecule has 1 aliphatic heterocycles. The maximum atomic E-state index is 12.3. The zero-order valence-corrected chi connectivity index (χ0v) is 16.0. The molecule has 2 amide bonds. The van der Waals surface area contributed by atoms with Gasteiger partial charge in [-0.05, 0) is 62.1 Å². The Balaban J connectivity index is 1.60. The molecule has 1 N–H and O–H groups in total. The summed E-state index contributed by atoms with van der Waals surface area (Å²) in [4.78, 5) is 26.1. The van der Waals surface area contributed by atoms with Crippen molar-refractivity contribution in [2.75, 3.05) is 23.4 Å². The lowest BCUT2D eigenvalue weighted by molar-refractivity contribution is -0.117. The fourth-order valence-electron chi connectivity index (χ4n) is 3.42. The van der Waals surface area contributed by atoms with E-state index in [1.165, 1.54) is 0 Å². The summed E-state index contributed by atoms with van der Waals surface area (Å²) in [7, 11) is 0. The third-order valence-electron chi connectivity index (χ3n) is 4.74. The summed E-state index contributed by atoms with van der Waals surface area (Å²) in [5.41, 5.74) is 3.71. The largest absolute Gasteiger partial charge is 0.494 e. The van der Waals surface area contributed by atoms with E-state index in [4.69, 9.17) is 4.74 Å². The van der Waals surface area contributed by atoms with Gasteiger partial charge in [-0.15, -0.1) is 0 Å². The molecule has 0 aliphatic carbocycles. The van der Waals surface area contributed by atoms with Gasteiger partial charge in [-0.25, -0.2) is 0 Å². The Morgan fingerprint density at radius 1 is 1.22 bits per heavy atom. The highest BCUT2D eigenvalue weighted by atomic mass is 16.5. The normalized spacial score (nSPS) is 13.7. The van der Waals surface area contributed by atoms with Crippen molar-refractivity contribution in [3.8, 4) is 5.75 Å². The van der Waals surface area contributed by atoms with Crippen molar-refractivity contribution >= 4 is 23.2 Å². The number of ether oxygens (including phenoxy) is 1. The summed E-state index contributed by atoms with van der Waals surface area (Å²) in [5, 5.41) is 2.95. The number of anilines is 2. The average Bonchev–Trinajstić information content (AvgIpc) is 3.07. The van der Waals surface area contributed by atoms with Crippen molar-refractivity contribution in [3.63, 3.8) is 0 Å². The monoisotopic (exact) mass is 366 g/mol. The third kappa shape index (κ3) is 4.67. The number of para-hydroxylation sites is 1. The van der Waals surface area contributed by atoms with Crippen molar-refractivity contribution < 1.29 is 14.3 Å². The summed E-state index contributed by atoms with van der Waals surface area (Å²) in [5.74, 6) is 0.969. The summed E-state index contributed by atoms with van der Waals surface area (Å²) in [6, 6.07) is 13.5. The van der Waals surface area contributed by atoms with Crippen LogP contribution in [-0.4, -0.2) is 25.0 Å².